The van der Waals surface area contributed by atoms with Gasteiger partial charge in [-0.2, -0.15) is 0 Å². The average molecular weight is 370 g/mol. The van der Waals surface area contributed by atoms with Crippen LogP contribution in [0.1, 0.15) is 11.1 Å². The molecular formula is C15H14BrClN2O2. The lowest BCUT2D eigenvalue weighted by Gasteiger charge is -2.14. The maximum atomic E-state index is 7.59. The first-order valence-corrected chi connectivity index (χ1v) is 7.28. The minimum Gasteiger partial charge on any atom is -0.496 e. The molecule has 2 aromatic rings. The highest BCUT2D eigenvalue weighted by atomic mass is 79.9. The number of hydrogen-bond donors (Lipinski definition) is 2. The van der Waals surface area contributed by atoms with Gasteiger partial charge in [0.2, 0.25) is 0 Å². The van der Waals surface area contributed by atoms with Crippen LogP contribution in [0, 0.1) is 5.41 Å². The first-order chi connectivity index (χ1) is 10.0. The van der Waals surface area contributed by atoms with Gasteiger partial charge >= 0.3 is 0 Å². The molecule has 0 fully saturated rings. The van der Waals surface area contributed by atoms with Crippen molar-refractivity contribution in [3.05, 3.63) is 57.0 Å². The molecule has 110 valence electrons. The molecule has 0 aliphatic heterocycles. The summed E-state index contributed by atoms with van der Waals surface area (Å²) in [5.74, 6) is 1.07. The largest absolute Gasteiger partial charge is 0.496 e. The lowest BCUT2D eigenvalue weighted by atomic mass is 10.1. The lowest BCUT2D eigenvalue weighted by Crippen LogP contribution is -2.14. The van der Waals surface area contributed by atoms with E-state index in [1.807, 2.05) is 18.2 Å². The third-order valence-electron chi connectivity index (χ3n) is 2.87. The van der Waals surface area contributed by atoms with Crippen LogP contribution in [0.4, 0.5) is 0 Å². The maximum absolute atomic E-state index is 7.59. The van der Waals surface area contributed by atoms with E-state index in [2.05, 4.69) is 15.9 Å². The second kappa shape index (κ2) is 6.83. The van der Waals surface area contributed by atoms with E-state index in [9.17, 15) is 0 Å². The molecule has 0 aromatic heterocycles. The van der Waals surface area contributed by atoms with Crippen LogP contribution < -0.4 is 15.2 Å². The molecule has 2 rings (SSSR count). The van der Waals surface area contributed by atoms with E-state index < -0.39 is 0 Å². The Kier molecular flexibility index (Phi) is 5.09. The standard InChI is InChI=1S/C15H14BrClN2O2/c1-20-12-6-5-10(16)7-9(12)8-21-13-4-2-3-11(17)14(13)15(18)19/h2-7H,8H2,1H3,(H3,18,19). The molecule has 0 saturated carbocycles. The van der Waals surface area contributed by atoms with Gasteiger partial charge in [0.1, 0.15) is 23.9 Å². The molecule has 6 heteroatoms. The first kappa shape index (κ1) is 15.7. The highest BCUT2D eigenvalue weighted by molar-refractivity contribution is 9.10. The van der Waals surface area contributed by atoms with Gasteiger partial charge in [-0.15, -0.1) is 0 Å². The molecule has 0 radical (unpaired) electrons. The molecule has 4 nitrogen and oxygen atoms in total. The quantitative estimate of drug-likeness (QED) is 0.619. The molecule has 0 spiro atoms. The van der Waals surface area contributed by atoms with Crippen molar-refractivity contribution < 1.29 is 9.47 Å². The summed E-state index contributed by atoms with van der Waals surface area (Å²) in [6.45, 7) is 0.281. The Morgan fingerprint density at radius 1 is 1.29 bits per heavy atom. The predicted octanol–water partition coefficient (Wildman–Crippen LogP) is 3.97. The first-order valence-electron chi connectivity index (χ1n) is 6.11. The molecule has 0 amide bonds. The average Bonchev–Trinajstić information content (AvgIpc) is 2.44. The van der Waals surface area contributed by atoms with Gasteiger partial charge in [-0.25, -0.2) is 0 Å². The van der Waals surface area contributed by atoms with Crippen LogP contribution in [0.15, 0.2) is 40.9 Å². The Balaban J connectivity index is 2.27. The third kappa shape index (κ3) is 3.68. The van der Waals surface area contributed by atoms with Crippen LogP contribution in [0.25, 0.3) is 0 Å². The van der Waals surface area contributed by atoms with Crippen molar-refractivity contribution in [3.8, 4) is 11.5 Å². The summed E-state index contributed by atoms with van der Waals surface area (Å²) in [5, 5.41) is 7.98. The van der Waals surface area contributed by atoms with Crippen LogP contribution in [-0.4, -0.2) is 12.9 Å². The molecule has 0 aliphatic rings. The van der Waals surface area contributed by atoms with Crippen LogP contribution in [-0.2, 0) is 6.61 Å². The van der Waals surface area contributed by atoms with E-state index >= 15 is 0 Å². The molecule has 0 bridgehead atoms. The fourth-order valence-electron chi connectivity index (χ4n) is 1.90. The van der Waals surface area contributed by atoms with Crippen molar-refractivity contribution in [3.63, 3.8) is 0 Å². The SMILES string of the molecule is COc1ccc(Br)cc1COc1cccc(Cl)c1C(=N)N. The van der Waals surface area contributed by atoms with Crippen molar-refractivity contribution in [2.24, 2.45) is 5.73 Å². The van der Waals surface area contributed by atoms with Crippen LogP contribution in [0.2, 0.25) is 5.02 Å². The summed E-state index contributed by atoms with van der Waals surface area (Å²) in [5.41, 5.74) is 6.82. The molecule has 3 N–H and O–H groups in total. The number of rotatable bonds is 5. The Morgan fingerprint density at radius 2 is 2.05 bits per heavy atom. The van der Waals surface area contributed by atoms with E-state index in [-0.39, 0.29) is 12.4 Å². The Bertz CT molecular complexity index is 677. The summed E-state index contributed by atoms with van der Waals surface area (Å²) in [6.07, 6.45) is 0. The number of benzene rings is 2. The van der Waals surface area contributed by atoms with Gasteiger partial charge in [0.05, 0.1) is 17.7 Å². The second-order valence-corrected chi connectivity index (χ2v) is 5.59. The molecule has 0 aliphatic carbocycles. The van der Waals surface area contributed by atoms with Crippen molar-refractivity contribution >= 4 is 33.4 Å². The number of methoxy groups -OCH3 is 1. The fraction of sp³-hybridized carbons (Fsp3) is 0.133. The summed E-state index contributed by atoms with van der Waals surface area (Å²) in [7, 11) is 1.60. The molecule has 0 atom stereocenters. The maximum Gasteiger partial charge on any atom is 0.132 e. The lowest BCUT2D eigenvalue weighted by molar-refractivity contribution is 0.296. The van der Waals surface area contributed by atoms with Crippen LogP contribution in [0.3, 0.4) is 0 Å². The number of nitrogens with two attached hydrogens (primary N) is 1. The van der Waals surface area contributed by atoms with Gasteiger partial charge in [0.25, 0.3) is 0 Å². The summed E-state index contributed by atoms with van der Waals surface area (Å²) in [6, 6.07) is 10.8. The number of ether oxygens (including phenoxy) is 2. The van der Waals surface area contributed by atoms with Gasteiger partial charge in [0.15, 0.2) is 0 Å². The molecule has 0 saturated heterocycles. The van der Waals surface area contributed by atoms with Gasteiger partial charge in [-0.05, 0) is 30.3 Å². The van der Waals surface area contributed by atoms with Crippen molar-refractivity contribution in [2.75, 3.05) is 7.11 Å². The minimum absolute atomic E-state index is 0.128. The fourth-order valence-corrected chi connectivity index (χ4v) is 2.58. The Hall–Kier alpha value is -1.72. The number of halogens is 2. The van der Waals surface area contributed by atoms with Crippen molar-refractivity contribution in [2.45, 2.75) is 6.61 Å². The molecule has 2 aromatic carbocycles. The molecule has 21 heavy (non-hydrogen) atoms. The van der Waals surface area contributed by atoms with Gasteiger partial charge in [0, 0.05) is 10.0 Å². The van der Waals surface area contributed by atoms with E-state index in [1.165, 1.54) is 0 Å². The zero-order valence-electron chi connectivity index (χ0n) is 11.3. The monoisotopic (exact) mass is 368 g/mol. The van der Waals surface area contributed by atoms with Crippen LogP contribution >= 0.6 is 27.5 Å². The smallest absolute Gasteiger partial charge is 0.132 e. The Labute approximate surface area is 136 Å². The van der Waals surface area contributed by atoms with Gasteiger partial charge in [-0.3, -0.25) is 5.41 Å². The summed E-state index contributed by atoms with van der Waals surface area (Å²) in [4.78, 5) is 0. The van der Waals surface area contributed by atoms with Crippen LogP contribution in [0.5, 0.6) is 11.5 Å². The minimum atomic E-state index is -0.128. The molecule has 0 heterocycles. The van der Waals surface area contributed by atoms with E-state index in [4.69, 9.17) is 32.2 Å². The summed E-state index contributed by atoms with van der Waals surface area (Å²) >= 11 is 9.47. The van der Waals surface area contributed by atoms with Gasteiger partial charge in [-0.1, -0.05) is 33.6 Å². The molecule has 0 unspecified atom stereocenters. The van der Waals surface area contributed by atoms with Crippen molar-refractivity contribution in [1.29, 1.82) is 5.41 Å². The highest BCUT2D eigenvalue weighted by Gasteiger charge is 2.12. The van der Waals surface area contributed by atoms with Crippen molar-refractivity contribution in [1.82, 2.24) is 0 Å². The Morgan fingerprint density at radius 3 is 2.71 bits per heavy atom. The number of nitrogens with one attached hydrogen (secondary N) is 1. The zero-order chi connectivity index (χ0) is 15.4. The third-order valence-corrected chi connectivity index (χ3v) is 3.68. The predicted molar refractivity (Wildman–Crippen MR) is 87.5 cm³/mol. The number of amidine groups is 1. The number of hydrogen-bond acceptors (Lipinski definition) is 3. The highest BCUT2D eigenvalue weighted by Crippen LogP contribution is 2.29. The topological polar surface area (TPSA) is 68.3 Å². The zero-order valence-corrected chi connectivity index (χ0v) is 13.7. The van der Waals surface area contributed by atoms with Gasteiger partial charge < -0.3 is 15.2 Å². The second-order valence-electron chi connectivity index (χ2n) is 4.27. The van der Waals surface area contributed by atoms with E-state index in [1.54, 1.807) is 25.3 Å². The molecular weight excluding hydrogens is 356 g/mol. The van der Waals surface area contributed by atoms with E-state index in [0.717, 1.165) is 15.8 Å². The number of nitrogen functional groups attached to an aromatic ring is 1. The summed E-state index contributed by atoms with van der Waals surface area (Å²) < 4.78 is 12.0. The van der Waals surface area contributed by atoms with E-state index in [0.29, 0.717) is 16.3 Å². The normalized spacial score (nSPS) is 10.2.